The molecule has 118 valence electrons. The Bertz CT molecular complexity index is 841. The van der Waals surface area contributed by atoms with Crippen LogP contribution in [-0.2, 0) is 6.42 Å². The highest BCUT2D eigenvalue weighted by atomic mass is 16.1. The molecule has 0 atom stereocenters. The summed E-state index contributed by atoms with van der Waals surface area (Å²) in [7, 11) is 0. The molecule has 0 amide bonds. The largest absolute Gasteiger partial charge is 0.354 e. The lowest BCUT2D eigenvalue weighted by Gasteiger charge is -2.06. The fourth-order valence-electron chi connectivity index (χ4n) is 2.41. The summed E-state index contributed by atoms with van der Waals surface area (Å²) in [6.07, 6.45) is 5.22. The molecule has 0 saturated carbocycles. The fraction of sp³-hybridized carbons (Fsp3) is 0.312. The molecule has 0 saturated heterocycles. The summed E-state index contributed by atoms with van der Waals surface area (Å²) in [4.78, 5) is 19.8. The maximum absolute atomic E-state index is 11.4. The van der Waals surface area contributed by atoms with Crippen molar-refractivity contribution >= 4 is 17.4 Å². The van der Waals surface area contributed by atoms with Gasteiger partial charge < -0.3 is 5.32 Å². The van der Waals surface area contributed by atoms with E-state index < -0.39 is 0 Å². The summed E-state index contributed by atoms with van der Waals surface area (Å²) in [6.45, 7) is 4.05. The average molecular weight is 310 g/mol. The van der Waals surface area contributed by atoms with Gasteiger partial charge in [-0.25, -0.2) is 9.97 Å². The van der Waals surface area contributed by atoms with Gasteiger partial charge in [-0.3, -0.25) is 9.20 Å². The van der Waals surface area contributed by atoms with Gasteiger partial charge in [-0.05, 0) is 32.4 Å². The van der Waals surface area contributed by atoms with Crippen LogP contribution in [0.3, 0.4) is 0 Å². The number of nitrogens with one attached hydrogen (secondary N) is 1. The number of pyridine rings is 1. The van der Waals surface area contributed by atoms with Crippen molar-refractivity contribution < 1.29 is 4.79 Å². The third-order valence-electron chi connectivity index (χ3n) is 3.60. The van der Waals surface area contributed by atoms with Crippen molar-refractivity contribution in [2.75, 3.05) is 11.9 Å². The summed E-state index contributed by atoms with van der Waals surface area (Å²) in [5, 5.41) is 11.5. The van der Waals surface area contributed by atoms with E-state index in [0.717, 1.165) is 30.9 Å². The third kappa shape index (κ3) is 3.33. The second-order valence-electron chi connectivity index (χ2n) is 5.32. The van der Waals surface area contributed by atoms with E-state index in [4.69, 9.17) is 0 Å². The topological polar surface area (TPSA) is 85.1 Å². The van der Waals surface area contributed by atoms with Crippen LogP contribution in [0, 0.1) is 6.92 Å². The van der Waals surface area contributed by atoms with Gasteiger partial charge in [-0.15, -0.1) is 10.2 Å². The smallest absolute Gasteiger partial charge is 0.222 e. The van der Waals surface area contributed by atoms with Gasteiger partial charge >= 0.3 is 0 Å². The van der Waals surface area contributed by atoms with E-state index >= 15 is 0 Å². The third-order valence-corrected chi connectivity index (χ3v) is 3.60. The number of anilines is 1. The molecule has 7 heteroatoms. The first-order chi connectivity index (χ1) is 11.1. The lowest BCUT2D eigenvalue weighted by atomic mass is 10.2. The Kier molecular flexibility index (Phi) is 4.27. The van der Waals surface area contributed by atoms with Crippen LogP contribution < -0.4 is 5.32 Å². The Morgan fingerprint density at radius 3 is 2.96 bits per heavy atom. The zero-order valence-electron chi connectivity index (χ0n) is 13.2. The van der Waals surface area contributed by atoms with E-state index in [1.807, 2.05) is 35.7 Å². The zero-order chi connectivity index (χ0) is 16.2. The highest BCUT2D eigenvalue weighted by Crippen LogP contribution is 2.09. The van der Waals surface area contributed by atoms with Gasteiger partial charge in [0.25, 0.3) is 0 Å². The van der Waals surface area contributed by atoms with Crippen molar-refractivity contribution in [3.63, 3.8) is 0 Å². The first-order valence-corrected chi connectivity index (χ1v) is 7.52. The number of nitrogens with zero attached hydrogens (tertiary/aromatic N) is 5. The van der Waals surface area contributed by atoms with Crippen molar-refractivity contribution in [1.29, 1.82) is 0 Å². The number of fused-ring (bicyclic) bond motifs is 1. The van der Waals surface area contributed by atoms with E-state index in [1.54, 1.807) is 6.20 Å². The Morgan fingerprint density at radius 2 is 2.17 bits per heavy atom. The van der Waals surface area contributed by atoms with E-state index in [9.17, 15) is 4.79 Å². The molecule has 0 aliphatic carbocycles. The molecule has 0 aromatic carbocycles. The minimum atomic E-state index is -0.0206. The number of rotatable bonds is 6. The molecule has 0 radical (unpaired) electrons. The van der Waals surface area contributed by atoms with E-state index in [2.05, 4.69) is 25.5 Å². The molecule has 0 aliphatic heterocycles. The van der Waals surface area contributed by atoms with Gasteiger partial charge in [0.15, 0.2) is 11.4 Å². The van der Waals surface area contributed by atoms with Crippen LogP contribution in [0.5, 0.6) is 0 Å². The first-order valence-electron chi connectivity index (χ1n) is 7.52. The summed E-state index contributed by atoms with van der Waals surface area (Å²) >= 11 is 0. The molecule has 0 unspecified atom stereocenters. The Hall–Kier alpha value is -2.83. The minimum absolute atomic E-state index is 0.0206. The summed E-state index contributed by atoms with van der Waals surface area (Å²) in [5.74, 6) is 1.46. The second-order valence-corrected chi connectivity index (χ2v) is 5.32. The molecule has 1 N–H and O–H groups in total. The SMILES string of the molecule is CC(=O)c1cnc(NCCCc2nnc3ccccn23)nc1C. The molecule has 0 spiro atoms. The normalized spacial score (nSPS) is 10.9. The van der Waals surface area contributed by atoms with Crippen LogP contribution in [-0.4, -0.2) is 36.9 Å². The second kappa shape index (κ2) is 6.51. The van der Waals surface area contributed by atoms with Crippen molar-refractivity contribution in [3.8, 4) is 0 Å². The summed E-state index contributed by atoms with van der Waals surface area (Å²) in [5.41, 5.74) is 2.11. The van der Waals surface area contributed by atoms with E-state index in [-0.39, 0.29) is 5.78 Å². The van der Waals surface area contributed by atoms with Crippen LogP contribution in [0.25, 0.3) is 5.65 Å². The van der Waals surface area contributed by atoms with Crippen LogP contribution >= 0.6 is 0 Å². The van der Waals surface area contributed by atoms with Gasteiger partial charge in [0.1, 0.15) is 5.82 Å². The predicted molar refractivity (Wildman–Crippen MR) is 86.6 cm³/mol. The van der Waals surface area contributed by atoms with Gasteiger partial charge in [0.2, 0.25) is 5.95 Å². The molecule has 3 aromatic heterocycles. The molecule has 0 aliphatic rings. The van der Waals surface area contributed by atoms with Crippen LogP contribution in [0.15, 0.2) is 30.6 Å². The number of Topliss-reactive ketones (excluding diaryl/α,β-unsaturated/α-hetero) is 1. The van der Waals surface area contributed by atoms with Gasteiger partial charge in [0, 0.05) is 25.4 Å². The molecule has 3 aromatic rings. The monoisotopic (exact) mass is 310 g/mol. The number of aryl methyl sites for hydroxylation is 2. The molecule has 3 rings (SSSR count). The van der Waals surface area contributed by atoms with Crippen LogP contribution in [0.2, 0.25) is 0 Å². The van der Waals surface area contributed by atoms with E-state index in [0.29, 0.717) is 17.2 Å². The quantitative estimate of drug-likeness (QED) is 0.554. The molecule has 0 fully saturated rings. The van der Waals surface area contributed by atoms with Gasteiger partial charge in [0.05, 0.1) is 11.3 Å². The standard InChI is InChI=1S/C16H18N6O/c1-11-13(12(2)23)10-18-16(19-11)17-8-5-7-15-21-20-14-6-3-4-9-22(14)15/h3-4,6,9-10H,5,7-8H2,1-2H3,(H,17,18,19). The Labute approximate surface area is 133 Å². The lowest BCUT2D eigenvalue weighted by Crippen LogP contribution is -2.10. The lowest BCUT2D eigenvalue weighted by molar-refractivity contribution is 0.101. The average Bonchev–Trinajstić information content (AvgIpc) is 2.94. The highest BCUT2D eigenvalue weighted by Gasteiger charge is 2.07. The zero-order valence-corrected chi connectivity index (χ0v) is 13.2. The molecule has 3 heterocycles. The fourth-order valence-corrected chi connectivity index (χ4v) is 2.41. The molecule has 7 nitrogen and oxygen atoms in total. The van der Waals surface area contributed by atoms with Gasteiger partial charge in [-0.1, -0.05) is 6.07 Å². The first kappa shape index (κ1) is 15.1. The summed E-state index contributed by atoms with van der Waals surface area (Å²) < 4.78 is 1.99. The van der Waals surface area contributed by atoms with Crippen LogP contribution in [0.4, 0.5) is 5.95 Å². The van der Waals surface area contributed by atoms with Crippen LogP contribution in [0.1, 0.15) is 35.2 Å². The van der Waals surface area contributed by atoms with Crippen molar-refractivity contribution in [2.45, 2.75) is 26.7 Å². The predicted octanol–water partition coefficient (Wildman–Crippen LogP) is 2.08. The van der Waals surface area contributed by atoms with Crippen molar-refractivity contribution in [3.05, 3.63) is 47.7 Å². The van der Waals surface area contributed by atoms with Crippen molar-refractivity contribution in [1.82, 2.24) is 24.6 Å². The minimum Gasteiger partial charge on any atom is -0.354 e. The molecular formula is C16H18N6O. The Morgan fingerprint density at radius 1 is 1.30 bits per heavy atom. The maximum atomic E-state index is 11.4. The number of ketones is 1. The molecular weight excluding hydrogens is 292 g/mol. The van der Waals surface area contributed by atoms with Gasteiger partial charge in [-0.2, -0.15) is 0 Å². The maximum Gasteiger partial charge on any atom is 0.222 e. The number of carbonyl (C=O) groups excluding carboxylic acids is 1. The van der Waals surface area contributed by atoms with Crippen molar-refractivity contribution in [2.24, 2.45) is 0 Å². The van der Waals surface area contributed by atoms with E-state index in [1.165, 1.54) is 6.92 Å². The highest BCUT2D eigenvalue weighted by molar-refractivity contribution is 5.94. The Balaban J connectivity index is 1.56. The molecule has 23 heavy (non-hydrogen) atoms. The number of aromatic nitrogens is 5. The number of hydrogen-bond acceptors (Lipinski definition) is 6. The summed E-state index contributed by atoms with van der Waals surface area (Å²) in [6, 6.07) is 5.84. The molecule has 0 bridgehead atoms. The number of carbonyl (C=O) groups is 1. The number of hydrogen-bond donors (Lipinski definition) is 1.